The molecule has 0 bridgehead atoms. The fourth-order valence-corrected chi connectivity index (χ4v) is 2.98. The molecule has 0 saturated carbocycles. The Labute approximate surface area is 190 Å². The summed E-state index contributed by atoms with van der Waals surface area (Å²) < 4.78 is 5.77. The molecule has 9 heteroatoms. The largest absolute Gasteiger partial charge is 0.472 e. The normalized spacial score (nSPS) is 10.3. The summed E-state index contributed by atoms with van der Waals surface area (Å²) in [7, 11) is 3.55. The van der Waals surface area contributed by atoms with Gasteiger partial charge >= 0.3 is 0 Å². The van der Waals surface area contributed by atoms with E-state index in [0.29, 0.717) is 27.8 Å². The van der Waals surface area contributed by atoms with Crippen LogP contribution in [0.1, 0.15) is 26.3 Å². The maximum atomic E-state index is 13.3. The van der Waals surface area contributed by atoms with Crippen LogP contribution in [0.25, 0.3) is 0 Å². The number of nitrogens with zero attached hydrogens (tertiary/aromatic N) is 3. The molecule has 0 saturated heterocycles. The summed E-state index contributed by atoms with van der Waals surface area (Å²) in [5.74, 6) is -0.115. The lowest BCUT2D eigenvalue weighted by Crippen LogP contribution is -2.35. The Hall–Kier alpha value is -3.91. The molecule has 0 spiro atoms. The summed E-state index contributed by atoms with van der Waals surface area (Å²) in [5.41, 5.74) is 6.67. The SMILES string of the molecule is CN(C)C(=N)c1ccc(C(=O)N(COc2ccccc2C(N)=O)c2ccc(Cl)cn2)cc1. The summed E-state index contributed by atoms with van der Waals surface area (Å²) >= 11 is 5.94. The standard InChI is InChI=1S/C23H22ClN5O3/c1-28(2)21(25)15-7-9-16(10-8-15)23(31)29(20-12-11-17(24)13-27-20)14-32-19-6-4-3-5-18(19)22(26)30/h3-13,25H,14H2,1-2H3,(H2,26,30). The number of hydrogen-bond donors (Lipinski definition) is 2. The van der Waals surface area contributed by atoms with Gasteiger partial charge in [-0.2, -0.15) is 0 Å². The molecule has 32 heavy (non-hydrogen) atoms. The fourth-order valence-electron chi connectivity index (χ4n) is 2.87. The molecule has 164 valence electrons. The molecule has 1 heterocycles. The Morgan fingerprint density at radius 1 is 1.03 bits per heavy atom. The number of benzene rings is 2. The number of halogens is 1. The van der Waals surface area contributed by atoms with Gasteiger partial charge in [0.05, 0.1) is 10.6 Å². The molecule has 2 aromatic carbocycles. The number of nitrogens with two attached hydrogens (primary N) is 1. The number of carbonyl (C=O) groups is 2. The second kappa shape index (κ2) is 9.93. The monoisotopic (exact) mass is 451 g/mol. The second-order valence-electron chi connectivity index (χ2n) is 7.02. The van der Waals surface area contributed by atoms with Crippen molar-refractivity contribution in [2.45, 2.75) is 0 Å². The first-order valence-electron chi connectivity index (χ1n) is 9.59. The van der Waals surface area contributed by atoms with Gasteiger partial charge in [-0.1, -0.05) is 35.9 Å². The summed E-state index contributed by atoms with van der Waals surface area (Å²) in [6, 6.07) is 16.4. The van der Waals surface area contributed by atoms with Crippen molar-refractivity contribution in [3.05, 3.63) is 88.6 Å². The molecule has 1 aromatic heterocycles. The van der Waals surface area contributed by atoms with Gasteiger partial charge < -0.3 is 15.4 Å². The summed E-state index contributed by atoms with van der Waals surface area (Å²) in [5, 5.41) is 8.49. The molecule has 0 unspecified atom stereocenters. The van der Waals surface area contributed by atoms with E-state index in [4.69, 9.17) is 27.5 Å². The molecule has 0 aliphatic heterocycles. The van der Waals surface area contributed by atoms with Gasteiger partial charge in [-0.15, -0.1) is 0 Å². The highest BCUT2D eigenvalue weighted by Crippen LogP contribution is 2.21. The first-order valence-corrected chi connectivity index (χ1v) is 9.97. The van der Waals surface area contributed by atoms with E-state index < -0.39 is 5.91 Å². The summed E-state index contributed by atoms with van der Waals surface area (Å²) in [6.07, 6.45) is 1.43. The number of amidine groups is 1. The number of nitrogens with one attached hydrogen (secondary N) is 1. The minimum absolute atomic E-state index is 0.204. The van der Waals surface area contributed by atoms with Crippen LogP contribution in [-0.4, -0.2) is 48.4 Å². The molecule has 0 atom stereocenters. The van der Waals surface area contributed by atoms with E-state index in [2.05, 4.69) is 4.98 Å². The number of hydrogen-bond acceptors (Lipinski definition) is 5. The van der Waals surface area contributed by atoms with E-state index in [0.717, 1.165) is 0 Å². The topological polar surface area (TPSA) is 113 Å². The van der Waals surface area contributed by atoms with E-state index in [1.54, 1.807) is 79.7 Å². The van der Waals surface area contributed by atoms with Gasteiger partial charge in [0.1, 0.15) is 17.4 Å². The maximum Gasteiger partial charge on any atom is 0.262 e. The third-order valence-corrected chi connectivity index (χ3v) is 4.81. The quantitative estimate of drug-likeness (QED) is 0.325. The second-order valence-corrected chi connectivity index (χ2v) is 7.46. The molecule has 8 nitrogen and oxygen atoms in total. The van der Waals surface area contributed by atoms with Crippen LogP contribution < -0.4 is 15.4 Å². The van der Waals surface area contributed by atoms with Crippen molar-refractivity contribution in [1.29, 1.82) is 5.41 Å². The lowest BCUT2D eigenvalue weighted by atomic mass is 10.1. The van der Waals surface area contributed by atoms with E-state index in [1.807, 2.05) is 0 Å². The molecule has 0 fully saturated rings. The molecule has 0 aliphatic rings. The Kier molecular flexibility index (Phi) is 7.07. The van der Waals surface area contributed by atoms with Crippen molar-refractivity contribution in [2.75, 3.05) is 25.7 Å². The van der Waals surface area contributed by atoms with Crippen molar-refractivity contribution in [2.24, 2.45) is 5.73 Å². The molecular formula is C23H22ClN5O3. The van der Waals surface area contributed by atoms with E-state index in [1.165, 1.54) is 11.1 Å². The number of carbonyl (C=O) groups excluding carboxylic acids is 2. The van der Waals surface area contributed by atoms with Gasteiger partial charge in [0.25, 0.3) is 11.8 Å². The van der Waals surface area contributed by atoms with Crippen LogP contribution in [0.2, 0.25) is 5.02 Å². The van der Waals surface area contributed by atoms with E-state index >= 15 is 0 Å². The van der Waals surface area contributed by atoms with Crippen molar-refractivity contribution >= 4 is 35.1 Å². The third kappa shape index (κ3) is 5.22. The summed E-state index contributed by atoms with van der Waals surface area (Å²) in [4.78, 5) is 32.2. The number of pyridine rings is 1. The minimum atomic E-state index is -0.637. The Bertz CT molecular complexity index is 1130. The predicted octanol–water partition coefficient (Wildman–Crippen LogP) is 3.40. The van der Waals surface area contributed by atoms with Gasteiger partial charge in [0.15, 0.2) is 6.73 Å². The first-order chi connectivity index (χ1) is 15.3. The summed E-state index contributed by atoms with van der Waals surface area (Å²) in [6.45, 7) is -0.215. The minimum Gasteiger partial charge on any atom is -0.472 e. The van der Waals surface area contributed by atoms with Gasteiger partial charge in [0, 0.05) is 31.4 Å². The van der Waals surface area contributed by atoms with Gasteiger partial charge in [-0.3, -0.25) is 19.9 Å². The smallest absolute Gasteiger partial charge is 0.262 e. The maximum absolute atomic E-state index is 13.3. The molecular weight excluding hydrogens is 430 g/mol. The molecule has 3 N–H and O–H groups in total. The first kappa shape index (κ1) is 22.8. The van der Waals surface area contributed by atoms with Crippen molar-refractivity contribution in [3.8, 4) is 5.75 Å². The number of primary amides is 1. The van der Waals surface area contributed by atoms with Crippen molar-refractivity contribution < 1.29 is 14.3 Å². The average Bonchev–Trinajstić information content (AvgIpc) is 2.79. The van der Waals surface area contributed by atoms with Crippen LogP contribution in [0.5, 0.6) is 5.75 Å². The number of aromatic nitrogens is 1. The van der Waals surface area contributed by atoms with E-state index in [9.17, 15) is 9.59 Å². The molecule has 2 amide bonds. The third-order valence-electron chi connectivity index (χ3n) is 4.59. The number of rotatable bonds is 7. The lowest BCUT2D eigenvalue weighted by Gasteiger charge is -2.23. The van der Waals surface area contributed by atoms with Crippen molar-refractivity contribution in [1.82, 2.24) is 9.88 Å². The number of ether oxygens (including phenoxy) is 1. The van der Waals surface area contributed by atoms with Crippen LogP contribution in [0.4, 0.5) is 5.82 Å². The zero-order chi connectivity index (χ0) is 23.3. The lowest BCUT2D eigenvalue weighted by molar-refractivity contribution is 0.0964. The van der Waals surface area contributed by atoms with Crippen molar-refractivity contribution in [3.63, 3.8) is 0 Å². The number of para-hydroxylation sites is 1. The Morgan fingerprint density at radius 2 is 1.69 bits per heavy atom. The van der Waals surface area contributed by atoms with Crippen LogP contribution >= 0.6 is 11.6 Å². The predicted molar refractivity (Wildman–Crippen MR) is 123 cm³/mol. The van der Waals surface area contributed by atoms with Crippen LogP contribution in [0, 0.1) is 5.41 Å². The van der Waals surface area contributed by atoms with E-state index in [-0.39, 0.29) is 24.0 Å². The zero-order valence-electron chi connectivity index (χ0n) is 17.6. The average molecular weight is 452 g/mol. The van der Waals surface area contributed by atoms with Gasteiger partial charge in [0.2, 0.25) is 0 Å². The molecule has 3 aromatic rings. The fraction of sp³-hybridized carbons (Fsp3) is 0.130. The van der Waals surface area contributed by atoms with Crippen LogP contribution in [0.3, 0.4) is 0 Å². The number of anilines is 1. The molecule has 0 aliphatic carbocycles. The highest BCUT2D eigenvalue weighted by molar-refractivity contribution is 6.30. The molecule has 0 radical (unpaired) electrons. The Balaban J connectivity index is 1.89. The number of amides is 2. The molecule has 3 rings (SSSR count). The highest BCUT2D eigenvalue weighted by atomic mass is 35.5. The van der Waals surface area contributed by atoms with Crippen LogP contribution in [-0.2, 0) is 0 Å². The van der Waals surface area contributed by atoms with Crippen LogP contribution in [0.15, 0.2) is 66.9 Å². The zero-order valence-corrected chi connectivity index (χ0v) is 18.3. The highest BCUT2D eigenvalue weighted by Gasteiger charge is 2.21. The van der Waals surface area contributed by atoms with Gasteiger partial charge in [-0.05, 0) is 36.4 Å². The Morgan fingerprint density at radius 3 is 2.28 bits per heavy atom. The van der Waals surface area contributed by atoms with Gasteiger partial charge in [-0.25, -0.2) is 4.98 Å².